The van der Waals surface area contributed by atoms with Gasteiger partial charge in [-0.05, 0) is 20.3 Å². The van der Waals surface area contributed by atoms with Crippen LogP contribution in [0.15, 0.2) is 12.4 Å². The number of fused-ring (bicyclic) bond motifs is 1. The predicted octanol–water partition coefficient (Wildman–Crippen LogP) is 1.64. The second-order valence-electron chi connectivity index (χ2n) is 5.06. The lowest BCUT2D eigenvalue weighted by molar-refractivity contribution is 0.196. The monoisotopic (exact) mass is 218 g/mol. The number of hydrogen-bond acceptors (Lipinski definition) is 3. The molecule has 0 fully saturated rings. The van der Waals surface area contributed by atoms with Crippen molar-refractivity contribution < 1.29 is 0 Å². The van der Waals surface area contributed by atoms with Crippen molar-refractivity contribution in [2.75, 3.05) is 13.1 Å². The SMILES string of the molecule is CC(C)(C#N)CCN1CCn2ccnc2C1. The largest absolute Gasteiger partial charge is 0.333 e. The van der Waals surface area contributed by atoms with Gasteiger partial charge >= 0.3 is 0 Å². The van der Waals surface area contributed by atoms with Gasteiger partial charge in [0.1, 0.15) is 5.82 Å². The lowest BCUT2D eigenvalue weighted by Gasteiger charge is -2.29. The van der Waals surface area contributed by atoms with E-state index < -0.39 is 0 Å². The van der Waals surface area contributed by atoms with E-state index in [-0.39, 0.29) is 5.41 Å². The van der Waals surface area contributed by atoms with Crippen LogP contribution >= 0.6 is 0 Å². The van der Waals surface area contributed by atoms with Gasteiger partial charge in [-0.15, -0.1) is 0 Å². The normalized spacial score (nSPS) is 16.8. The summed E-state index contributed by atoms with van der Waals surface area (Å²) >= 11 is 0. The molecule has 0 aromatic carbocycles. The van der Waals surface area contributed by atoms with E-state index in [9.17, 15) is 0 Å². The summed E-state index contributed by atoms with van der Waals surface area (Å²) in [5, 5.41) is 8.96. The summed E-state index contributed by atoms with van der Waals surface area (Å²) in [5.74, 6) is 1.14. The van der Waals surface area contributed by atoms with Crippen molar-refractivity contribution in [2.24, 2.45) is 5.41 Å². The lowest BCUT2D eigenvalue weighted by atomic mass is 9.91. The van der Waals surface area contributed by atoms with Crippen LogP contribution in [0.1, 0.15) is 26.1 Å². The highest BCUT2D eigenvalue weighted by molar-refractivity contribution is 4.97. The number of nitrogens with zero attached hydrogens (tertiary/aromatic N) is 4. The highest BCUT2D eigenvalue weighted by Crippen LogP contribution is 2.20. The summed E-state index contributed by atoms with van der Waals surface area (Å²) < 4.78 is 2.20. The molecule has 0 atom stereocenters. The van der Waals surface area contributed by atoms with Gasteiger partial charge in [0, 0.05) is 32.0 Å². The van der Waals surface area contributed by atoms with Crippen LogP contribution in [0.5, 0.6) is 0 Å². The highest BCUT2D eigenvalue weighted by atomic mass is 15.2. The van der Waals surface area contributed by atoms with E-state index in [4.69, 9.17) is 5.26 Å². The standard InChI is InChI=1S/C12H18N4/c1-12(2,10-13)3-5-15-7-8-16-6-4-14-11(16)9-15/h4,6H,3,5,7-9H2,1-2H3. The first-order valence-corrected chi connectivity index (χ1v) is 5.74. The fourth-order valence-corrected chi connectivity index (χ4v) is 1.91. The first-order chi connectivity index (χ1) is 7.61. The van der Waals surface area contributed by atoms with Gasteiger partial charge < -0.3 is 4.57 Å². The maximum Gasteiger partial charge on any atom is 0.122 e. The Morgan fingerprint density at radius 3 is 3.06 bits per heavy atom. The van der Waals surface area contributed by atoms with E-state index >= 15 is 0 Å². The fourth-order valence-electron chi connectivity index (χ4n) is 1.91. The zero-order valence-corrected chi connectivity index (χ0v) is 9.98. The quantitative estimate of drug-likeness (QED) is 0.774. The zero-order chi connectivity index (χ0) is 11.6. The van der Waals surface area contributed by atoms with E-state index in [1.54, 1.807) is 0 Å². The molecule has 1 aromatic rings. The Labute approximate surface area is 96.5 Å². The van der Waals surface area contributed by atoms with Crippen molar-refractivity contribution in [1.29, 1.82) is 5.26 Å². The molecule has 86 valence electrons. The maximum absolute atomic E-state index is 8.96. The van der Waals surface area contributed by atoms with Crippen LogP contribution in [-0.4, -0.2) is 27.5 Å². The Morgan fingerprint density at radius 1 is 1.50 bits per heavy atom. The number of hydrogen-bond donors (Lipinski definition) is 0. The van der Waals surface area contributed by atoms with Gasteiger partial charge in [0.2, 0.25) is 0 Å². The third-order valence-electron chi connectivity index (χ3n) is 3.18. The molecular weight excluding hydrogens is 200 g/mol. The summed E-state index contributed by atoms with van der Waals surface area (Å²) in [6.45, 7) is 7.96. The maximum atomic E-state index is 8.96. The van der Waals surface area contributed by atoms with Gasteiger partial charge in [0.05, 0.1) is 18.0 Å². The zero-order valence-electron chi connectivity index (χ0n) is 9.98. The van der Waals surface area contributed by atoms with Crippen molar-refractivity contribution in [3.05, 3.63) is 18.2 Å². The molecule has 0 N–H and O–H groups in total. The summed E-state index contributed by atoms with van der Waals surface area (Å²) in [6, 6.07) is 2.35. The summed E-state index contributed by atoms with van der Waals surface area (Å²) in [7, 11) is 0. The van der Waals surface area contributed by atoms with E-state index in [0.717, 1.165) is 38.4 Å². The van der Waals surface area contributed by atoms with E-state index in [1.807, 2.05) is 26.2 Å². The van der Waals surface area contributed by atoms with Gasteiger partial charge in [-0.2, -0.15) is 5.26 Å². The van der Waals surface area contributed by atoms with Gasteiger partial charge in [0.15, 0.2) is 0 Å². The minimum Gasteiger partial charge on any atom is -0.333 e. The summed E-state index contributed by atoms with van der Waals surface area (Å²) in [6.07, 6.45) is 4.81. The molecule has 4 nitrogen and oxygen atoms in total. The lowest BCUT2D eigenvalue weighted by Crippen LogP contribution is -2.35. The van der Waals surface area contributed by atoms with Crippen LogP contribution < -0.4 is 0 Å². The minimum absolute atomic E-state index is 0.215. The van der Waals surface area contributed by atoms with Gasteiger partial charge in [-0.25, -0.2) is 4.98 Å². The first-order valence-electron chi connectivity index (χ1n) is 5.74. The Kier molecular flexibility index (Phi) is 2.97. The molecule has 1 aliphatic rings. The Bertz CT molecular complexity index is 399. The van der Waals surface area contributed by atoms with E-state index in [2.05, 4.69) is 20.5 Å². The molecule has 0 aliphatic carbocycles. The molecule has 1 aromatic heterocycles. The fraction of sp³-hybridized carbons (Fsp3) is 0.667. The first kappa shape index (κ1) is 11.2. The number of aromatic nitrogens is 2. The molecule has 2 heterocycles. The topological polar surface area (TPSA) is 44.9 Å². The third kappa shape index (κ3) is 2.42. The predicted molar refractivity (Wildman–Crippen MR) is 61.5 cm³/mol. The van der Waals surface area contributed by atoms with Crippen LogP contribution in [0.25, 0.3) is 0 Å². The van der Waals surface area contributed by atoms with Crippen molar-refractivity contribution in [3.8, 4) is 6.07 Å². The van der Waals surface area contributed by atoms with E-state index in [1.165, 1.54) is 0 Å². The van der Waals surface area contributed by atoms with Gasteiger partial charge in [-0.1, -0.05) is 0 Å². The molecule has 0 spiro atoms. The van der Waals surface area contributed by atoms with Crippen LogP contribution in [-0.2, 0) is 13.1 Å². The van der Waals surface area contributed by atoms with Crippen molar-refractivity contribution >= 4 is 0 Å². The smallest absolute Gasteiger partial charge is 0.122 e. The molecule has 0 saturated carbocycles. The molecule has 2 rings (SSSR count). The molecule has 1 aliphatic heterocycles. The summed E-state index contributed by atoms with van der Waals surface area (Å²) in [4.78, 5) is 6.70. The van der Waals surface area contributed by atoms with Gasteiger partial charge in [0.25, 0.3) is 0 Å². The number of imidazole rings is 1. The second-order valence-corrected chi connectivity index (χ2v) is 5.06. The van der Waals surface area contributed by atoms with E-state index in [0.29, 0.717) is 0 Å². The number of nitriles is 1. The minimum atomic E-state index is -0.215. The average molecular weight is 218 g/mol. The Hall–Kier alpha value is -1.34. The van der Waals surface area contributed by atoms with Crippen molar-refractivity contribution in [3.63, 3.8) is 0 Å². The molecule has 4 heteroatoms. The molecule has 16 heavy (non-hydrogen) atoms. The van der Waals surface area contributed by atoms with Crippen LogP contribution in [0.3, 0.4) is 0 Å². The van der Waals surface area contributed by atoms with Crippen LogP contribution in [0, 0.1) is 16.7 Å². The molecule has 0 radical (unpaired) electrons. The van der Waals surface area contributed by atoms with Crippen molar-refractivity contribution in [1.82, 2.24) is 14.5 Å². The van der Waals surface area contributed by atoms with Crippen LogP contribution in [0.2, 0.25) is 0 Å². The molecule has 0 amide bonds. The average Bonchev–Trinajstić information content (AvgIpc) is 2.73. The molecule has 0 saturated heterocycles. The van der Waals surface area contributed by atoms with Crippen LogP contribution in [0.4, 0.5) is 0 Å². The molecule has 0 unspecified atom stereocenters. The summed E-state index contributed by atoms with van der Waals surface area (Å²) in [5.41, 5.74) is -0.215. The molecular formula is C12H18N4. The Balaban J connectivity index is 1.89. The van der Waals surface area contributed by atoms with Gasteiger partial charge in [-0.3, -0.25) is 4.90 Å². The third-order valence-corrected chi connectivity index (χ3v) is 3.18. The number of rotatable bonds is 3. The second kappa shape index (κ2) is 4.26. The highest BCUT2D eigenvalue weighted by Gasteiger charge is 2.21. The van der Waals surface area contributed by atoms with Crippen molar-refractivity contribution in [2.45, 2.75) is 33.4 Å². The Morgan fingerprint density at radius 2 is 2.31 bits per heavy atom. The molecule has 0 bridgehead atoms.